The van der Waals surface area contributed by atoms with Gasteiger partial charge in [-0.3, -0.25) is 0 Å². The average molecular weight is 301 g/mol. The molecule has 17 heavy (non-hydrogen) atoms. The lowest BCUT2D eigenvalue weighted by molar-refractivity contribution is 0.302. The van der Waals surface area contributed by atoms with Gasteiger partial charge in [-0.05, 0) is 47.0 Å². The number of nitrogens with zero attached hydrogens (tertiary/aromatic N) is 1. The first-order valence-corrected chi connectivity index (χ1v) is 6.80. The summed E-state index contributed by atoms with van der Waals surface area (Å²) < 4.78 is 1.04. The molecule has 1 atom stereocenters. The highest BCUT2D eigenvalue weighted by molar-refractivity contribution is 9.10. The smallest absolute Gasteiger partial charge is 0.0606 e. The van der Waals surface area contributed by atoms with Crippen LogP contribution in [0.1, 0.15) is 31.9 Å². The molecule has 0 aliphatic rings. The van der Waals surface area contributed by atoms with E-state index in [1.807, 2.05) is 13.0 Å². The van der Waals surface area contributed by atoms with Gasteiger partial charge in [0.1, 0.15) is 0 Å². The van der Waals surface area contributed by atoms with Crippen molar-refractivity contribution in [3.05, 3.63) is 28.2 Å². The van der Waals surface area contributed by atoms with Crippen LogP contribution in [0.2, 0.25) is 0 Å². The summed E-state index contributed by atoms with van der Waals surface area (Å²) in [4.78, 5) is 2.18. The van der Waals surface area contributed by atoms with Crippen LogP contribution >= 0.6 is 15.9 Å². The Balaban J connectivity index is 2.95. The first-order chi connectivity index (χ1) is 8.10. The van der Waals surface area contributed by atoms with Crippen molar-refractivity contribution in [2.45, 2.75) is 26.3 Å². The molecule has 0 radical (unpaired) electrons. The van der Waals surface area contributed by atoms with E-state index in [1.165, 1.54) is 0 Å². The van der Waals surface area contributed by atoms with E-state index in [2.05, 4.69) is 39.9 Å². The molecular formula is C13H21BrN2O. The van der Waals surface area contributed by atoms with Crippen LogP contribution in [0, 0.1) is 0 Å². The number of aliphatic hydroxyl groups is 1. The van der Waals surface area contributed by atoms with Crippen LogP contribution < -0.4 is 10.6 Å². The molecule has 0 fully saturated rings. The van der Waals surface area contributed by atoms with Gasteiger partial charge in [-0.1, -0.05) is 13.0 Å². The molecule has 0 unspecified atom stereocenters. The monoisotopic (exact) mass is 300 g/mol. The lowest BCUT2D eigenvalue weighted by atomic mass is 10.1. The van der Waals surface area contributed by atoms with Gasteiger partial charge in [0.15, 0.2) is 0 Å². The highest BCUT2D eigenvalue weighted by Gasteiger charge is 2.10. The van der Waals surface area contributed by atoms with Gasteiger partial charge < -0.3 is 15.7 Å². The number of anilines is 1. The standard InChI is InChI=1S/C13H21BrN2O/c1-3-6-16(7-8-17)13-5-4-11(10(2)15)9-12(13)14/h4-5,9-10,17H,3,6-8,15H2,1-2H3/t10-/m1/s1. The molecule has 0 bridgehead atoms. The van der Waals surface area contributed by atoms with E-state index in [0.29, 0.717) is 6.54 Å². The van der Waals surface area contributed by atoms with E-state index < -0.39 is 0 Å². The lowest BCUT2D eigenvalue weighted by Gasteiger charge is -2.25. The number of rotatable bonds is 6. The van der Waals surface area contributed by atoms with Crippen molar-refractivity contribution in [1.29, 1.82) is 0 Å². The van der Waals surface area contributed by atoms with Crippen LogP contribution in [0.25, 0.3) is 0 Å². The number of hydrogen-bond acceptors (Lipinski definition) is 3. The molecule has 0 spiro atoms. The predicted octanol–water partition coefficient (Wildman–Crippen LogP) is 2.68. The molecule has 0 heterocycles. The fourth-order valence-corrected chi connectivity index (χ4v) is 2.45. The maximum Gasteiger partial charge on any atom is 0.0606 e. The van der Waals surface area contributed by atoms with Gasteiger partial charge >= 0.3 is 0 Å². The van der Waals surface area contributed by atoms with Crippen LogP contribution in [0.4, 0.5) is 5.69 Å². The SMILES string of the molecule is CCCN(CCO)c1ccc([C@@H](C)N)cc1Br. The van der Waals surface area contributed by atoms with E-state index in [-0.39, 0.29) is 12.6 Å². The summed E-state index contributed by atoms with van der Waals surface area (Å²) in [7, 11) is 0. The maximum absolute atomic E-state index is 9.08. The lowest BCUT2D eigenvalue weighted by Crippen LogP contribution is -2.27. The van der Waals surface area contributed by atoms with Crippen molar-refractivity contribution < 1.29 is 5.11 Å². The number of hydrogen-bond donors (Lipinski definition) is 2. The van der Waals surface area contributed by atoms with Crippen LogP contribution in [-0.4, -0.2) is 24.8 Å². The van der Waals surface area contributed by atoms with E-state index in [1.54, 1.807) is 0 Å². The van der Waals surface area contributed by atoms with Crippen LogP contribution in [0.5, 0.6) is 0 Å². The molecule has 3 N–H and O–H groups in total. The molecule has 3 nitrogen and oxygen atoms in total. The number of aliphatic hydroxyl groups excluding tert-OH is 1. The minimum Gasteiger partial charge on any atom is -0.395 e. The Labute approximate surface area is 112 Å². The fourth-order valence-electron chi connectivity index (χ4n) is 1.81. The highest BCUT2D eigenvalue weighted by Crippen LogP contribution is 2.29. The average Bonchev–Trinajstić information content (AvgIpc) is 2.28. The van der Waals surface area contributed by atoms with Crippen molar-refractivity contribution in [3.8, 4) is 0 Å². The van der Waals surface area contributed by atoms with Crippen molar-refractivity contribution in [1.82, 2.24) is 0 Å². The molecule has 0 aliphatic heterocycles. The van der Waals surface area contributed by atoms with Crippen molar-refractivity contribution in [2.24, 2.45) is 5.73 Å². The van der Waals surface area contributed by atoms with E-state index in [0.717, 1.165) is 28.7 Å². The van der Waals surface area contributed by atoms with Crippen molar-refractivity contribution in [3.63, 3.8) is 0 Å². The van der Waals surface area contributed by atoms with Gasteiger partial charge in [-0.25, -0.2) is 0 Å². The Morgan fingerprint density at radius 3 is 2.59 bits per heavy atom. The highest BCUT2D eigenvalue weighted by atomic mass is 79.9. The second kappa shape index (κ2) is 6.99. The van der Waals surface area contributed by atoms with E-state index >= 15 is 0 Å². The fraction of sp³-hybridized carbons (Fsp3) is 0.538. The molecule has 1 aromatic rings. The second-order valence-electron chi connectivity index (χ2n) is 4.21. The van der Waals surface area contributed by atoms with Crippen LogP contribution in [-0.2, 0) is 0 Å². The minimum atomic E-state index is 0.0396. The molecule has 0 amide bonds. The summed E-state index contributed by atoms with van der Waals surface area (Å²) in [5.74, 6) is 0. The summed E-state index contributed by atoms with van der Waals surface area (Å²) in [6, 6.07) is 6.21. The Morgan fingerprint density at radius 1 is 1.41 bits per heavy atom. The first-order valence-electron chi connectivity index (χ1n) is 6.01. The van der Waals surface area contributed by atoms with Crippen molar-refractivity contribution in [2.75, 3.05) is 24.6 Å². The summed E-state index contributed by atoms with van der Waals surface area (Å²) in [5, 5.41) is 9.08. The summed E-state index contributed by atoms with van der Waals surface area (Å²) in [6.07, 6.45) is 1.06. The molecule has 1 rings (SSSR count). The second-order valence-corrected chi connectivity index (χ2v) is 5.06. The molecule has 96 valence electrons. The van der Waals surface area contributed by atoms with Gasteiger partial charge in [0, 0.05) is 23.6 Å². The molecule has 0 saturated heterocycles. The number of benzene rings is 1. The third-order valence-corrected chi connectivity index (χ3v) is 3.34. The van der Waals surface area contributed by atoms with Gasteiger partial charge in [-0.15, -0.1) is 0 Å². The van der Waals surface area contributed by atoms with Crippen LogP contribution in [0.15, 0.2) is 22.7 Å². The zero-order valence-electron chi connectivity index (χ0n) is 10.5. The zero-order valence-corrected chi connectivity index (χ0v) is 12.1. The molecular weight excluding hydrogens is 280 g/mol. The largest absolute Gasteiger partial charge is 0.395 e. The van der Waals surface area contributed by atoms with Crippen LogP contribution in [0.3, 0.4) is 0 Å². The van der Waals surface area contributed by atoms with E-state index in [4.69, 9.17) is 10.8 Å². The molecule has 0 aromatic heterocycles. The minimum absolute atomic E-state index is 0.0396. The molecule has 1 aromatic carbocycles. The normalized spacial score (nSPS) is 12.5. The number of nitrogens with two attached hydrogens (primary N) is 1. The Morgan fingerprint density at radius 2 is 2.12 bits per heavy atom. The Hall–Kier alpha value is -0.580. The molecule has 0 saturated carbocycles. The van der Waals surface area contributed by atoms with E-state index in [9.17, 15) is 0 Å². The zero-order chi connectivity index (χ0) is 12.8. The predicted molar refractivity (Wildman–Crippen MR) is 76.3 cm³/mol. The summed E-state index contributed by atoms with van der Waals surface area (Å²) in [5.41, 5.74) is 8.08. The maximum atomic E-state index is 9.08. The molecule has 4 heteroatoms. The van der Waals surface area contributed by atoms with Gasteiger partial charge in [0.2, 0.25) is 0 Å². The third kappa shape index (κ3) is 3.98. The van der Waals surface area contributed by atoms with Crippen molar-refractivity contribution >= 4 is 21.6 Å². The van der Waals surface area contributed by atoms with Gasteiger partial charge in [0.25, 0.3) is 0 Å². The van der Waals surface area contributed by atoms with Gasteiger partial charge in [0.05, 0.1) is 12.3 Å². The Bertz CT molecular complexity index is 349. The summed E-state index contributed by atoms with van der Waals surface area (Å²) in [6.45, 7) is 5.87. The Kier molecular flexibility index (Phi) is 5.95. The third-order valence-electron chi connectivity index (χ3n) is 2.70. The summed E-state index contributed by atoms with van der Waals surface area (Å²) >= 11 is 3.58. The quantitative estimate of drug-likeness (QED) is 0.849. The number of halogens is 1. The topological polar surface area (TPSA) is 49.5 Å². The molecule has 0 aliphatic carbocycles. The first kappa shape index (κ1) is 14.5. The van der Waals surface area contributed by atoms with Gasteiger partial charge in [-0.2, -0.15) is 0 Å².